The molecule has 1 amide bonds. The fourth-order valence-corrected chi connectivity index (χ4v) is 2.05. The van der Waals surface area contributed by atoms with E-state index in [0.29, 0.717) is 22.1 Å². The Bertz CT molecular complexity index is 813. The molecule has 3 aromatic rings. The molecule has 0 saturated heterocycles. The maximum absolute atomic E-state index is 12.1. The summed E-state index contributed by atoms with van der Waals surface area (Å²) in [5.74, 6) is 0.353. The van der Waals surface area contributed by atoms with Crippen LogP contribution < -0.4 is 11.1 Å². The van der Waals surface area contributed by atoms with Crippen molar-refractivity contribution >= 4 is 29.1 Å². The zero-order chi connectivity index (χ0) is 15.5. The van der Waals surface area contributed by atoms with Crippen LogP contribution in [-0.2, 0) is 0 Å². The first kappa shape index (κ1) is 14.1. The van der Waals surface area contributed by atoms with Gasteiger partial charge in [-0.25, -0.2) is 0 Å². The molecule has 0 radical (unpaired) electrons. The Morgan fingerprint density at radius 2 is 1.86 bits per heavy atom. The number of carbonyl (C=O) groups excluding carboxylic acids is 1. The summed E-state index contributed by atoms with van der Waals surface area (Å²) in [6, 6.07) is 13.8. The van der Waals surface area contributed by atoms with Crippen molar-refractivity contribution in [3.63, 3.8) is 0 Å². The first-order chi connectivity index (χ1) is 10.6. The van der Waals surface area contributed by atoms with Crippen LogP contribution in [0.3, 0.4) is 0 Å². The van der Waals surface area contributed by atoms with E-state index in [9.17, 15) is 4.79 Å². The van der Waals surface area contributed by atoms with Gasteiger partial charge in [0, 0.05) is 21.8 Å². The van der Waals surface area contributed by atoms with Crippen molar-refractivity contribution < 1.29 is 4.79 Å². The summed E-state index contributed by atoms with van der Waals surface area (Å²) in [6.07, 6.45) is 0. The molecule has 0 aliphatic heterocycles. The van der Waals surface area contributed by atoms with Crippen molar-refractivity contribution in [2.24, 2.45) is 0 Å². The monoisotopic (exact) mass is 313 g/mol. The first-order valence-electron chi connectivity index (χ1n) is 6.47. The second-order valence-corrected chi connectivity index (χ2v) is 4.99. The van der Waals surface area contributed by atoms with E-state index in [1.54, 1.807) is 30.3 Å². The second kappa shape index (κ2) is 5.87. The molecular weight excluding hydrogens is 302 g/mol. The average molecular weight is 314 g/mol. The average Bonchev–Trinajstić information content (AvgIpc) is 2.96. The number of aromatic amines is 1. The summed E-state index contributed by atoms with van der Waals surface area (Å²) in [4.78, 5) is 16.3. The number of nitrogens with zero attached hydrogens (tertiary/aromatic N) is 2. The van der Waals surface area contributed by atoms with Gasteiger partial charge in [-0.2, -0.15) is 4.98 Å². The minimum absolute atomic E-state index is 0.179. The van der Waals surface area contributed by atoms with E-state index < -0.39 is 0 Å². The number of nitrogen functional groups attached to an aromatic ring is 1. The number of benzene rings is 2. The van der Waals surface area contributed by atoms with E-state index in [-0.39, 0.29) is 11.9 Å². The standard InChI is InChI=1S/C15H12ClN5O/c16-10-7-5-9(6-8-10)14(22)19-15-18-13(20-21-15)11-3-1-2-4-12(11)17/h1-8H,17H2,(H2,18,19,20,21,22). The third-order valence-corrected chi connectivity index (χ3v) is 3.29. The fourth-order valence-electron chi connectivity index (χ4n) is 1.93. The third-order valence-electron chi connectivity index (χ3n) is 3.03. The fraction of sp³-hybridized carbons (Fsp3) is 0. The van der Waals surface area contributed by atoms with Crippen LogP contribution in [-0.4, -0.2) is 21.1 Å². The summed E-state index contributed by atoms with van der Waals surface area (Å²) in [5.41, 5.74) is 7.65. The SMILES string of the molecule is Nc1ccccc1-c1nc(NC(=O)c2ccc(Cl)cc2)n[nH]1. The highest BCUT2D eigenvalue weighted by Gasteiger charge is 2.11. The van der Waals surface area contributed by atoms with Crippen LogP contribution >= 0.6 is 11.6 Å². The lowest BCUT2D eigenvalue weighted by Gasteiger charge is -2.01. The highest BCUT2D eigenvalue weighted by Crippen LogP contribution is 2.22. The summed E-state index contributed by atoms with van der Waals surface area (Å²) >= 11 is 5.79. The van der Waals surface area contributed by atoms with Crippen molar-refractivity contribution in [3.05, 3.63) is 59.1 Å². The summed E-state index contributed by atoms with van der Waals surface area (Å²) in [7, 11) is 0. The lowest BCUT2D eigenvalue weighted by Crippen LogP contribution is -2.12. The molecule has 6 nitrogen and oxygen atoms in total. The largest absolute Gasteiger partial charge is 0.398 e. The smallest absolute Gasteiger partial charge is 0.258 e. The molecule has 0 fully saturated rings. The van der Waals surface area contributed by atoms with Crippen molar-refractivity contribution in [1.82, 2.24) is 15.2 Å². The van der Waals surface area contributed by atoms with Gasteiger partial charge >= 0.3 is 0 Å². The lowest BCUT2D eigenvalue weighted by atomic mass is 10.2. The number of aromatic nitrogens is 3. The Balaban J connectivity index is 1.78. The molecule has 0 aliphatic rings. The first-order valence-corrected chi connectivity index (χ1v) is 6.85. The van der Waals surface area contributed by atoms with Gasteiger partial charge in [0.05, 0.1) is 0 Å². The minimum Gasteiger partial charge on any atom is -0.398 e. The number of hydrogen-bond donors (Lipinski definition) is 3. The van der Waals surface area contributed by atoms with Gasteiger partial charge in [-0.3, -0.25) is 15.2 Å². The van der Waals surface area contributed by atoms with E-state index in [1.807, 2.05) is 18.2 Å². The maximum Gasteiger partial charge on any atom is 0.258 e. The molecule has 0 atom stereocenters. The molecule has 2 aromatic carbocycles. The highest BCUT2D eigenvalue weighted by molar-refractivity contribution is 6.30. The molecule has 0 saturated carbocycles. The summed E-state index contributed by atoms with van der Waals surface area (Å²) in [6.45, 7) is 0. The van der Waals surface area contributed by atoms with Crippen LogP contribution in [0, 0.1) is 0 Å². The van der Waals surface area contributed by atoms with Crippen LogP contribution in [0.5, 0.6) is 0 Å². The van der Waals surface area contributed by atoms with Crippen molar-refractivity contribution in [1.29, 1.82) is 0 Å². The molecule has 1 aromatic heterocycles. The Labute approximate surface area is 131 Å². The van der Waals surface area contributed by atoms with E-state index in [1.165, 1.54) is 0 Å². The number of para-hydroxylation sites is 1. The molecule has 110 valence electrons. The molecule has 1 heterocycles. The number of H-pyrrole nitrogens is 1. The van der Waals surface area contributed by atoms with E-state index in [0.717, 1.165) is 5.56 Å². The van der Waals surface area contributed by atoms with Gasteiger partial charge in [-0.05, 0) is 36.4 Å². The zero-order valence-corrected chi connectivity index (χ0v) is 12.1. The molecule has 0 unspecified atom stereocenters. The molecule has 4 N–H and O–H groups in total. The minimum atomic E-state index is -0.316. The van der Waals surface area contributed by atoms with Crippen LogP contribution in [0.2, 0.25) is 5.02 Å². The molecular formula is C15H12ClN5O. The molecule has 7 heteroatoms. The van der Waals surface area contributed by atoms with E-state index in [4.69, 9.17) is 17.3 Å². The molecule has 22 heavy (non-hydrogen) atoms. The van der Waals surface area contributed by atoms with Gasteiger partial charge in [-0.15, -0.1) is 5.10 Å². The van der Waals surface area contributed by atoms with Gasteiger partial charge in [0.15, 0.2) is 5.82 Å². The van der Waals surface area contributed by atoms with E-state index in [2.05, 4.69) is 20.5 Å². The topological polar surface area (TPSA) is 96.7 Å². The number of carbonyl (C=O) groups is 1. The van der Waals surface area contributed by atoms with Crippen molar-refractivity contribution in [2.75, 3.05) is 11.1 Å². The predicted octanol–water partition coefficient (Wildman–Crippen LogP) is 2.96. The normalized spacial score (nSPS) is 10.4. The van der Waals surface area contributed by atoms with Gasteiger partial charge in [0.1, 0.15) is 0 Å². The predicted molar refractivity (Wildman–Crippen MR) is 85.6 cm³/mol. The molecule has 0 bridgehead atoms. The number of nitrogens with two attached hydrogens (primary N) is 1. The molecule has 0 spiro atoms. The van der Waals surface area contributed by atoms with Gasteiger partial charge < -0.3 is 5.73 Å². The van der Waals surface area contributed by atoms with Crippen molar-refractivity contribution in [2.45, 2.75) is 0 Å². The highest BCUT2D eigenvalue weighted by atomic mass is 35.5. The number of nitrogens with one attached hydrogen (secondary N) is 2. The number of amides is 1. The number of halogens is 1. The van der Waals surface area contributed by atoms with E-state index >= 15 is 0 Å². The van der Waals surface area contributed by atoms with Gasteiger partial charge in [0.25, 0.3) is 5.91 Å². The quantitative estimate of drug-likeness (QED) is 0.648. The zero-order valence-electron chi connectivity index (χ0n) is 11.4. The van der Waals surface area contributed by atoms with Gasteiger partial charge in [0.2, 0.25) is 5.95 Å². The van der Waals surface area contributed by atoms with Crippen molar-refractivity contribution in [3.8, 4) is 11.4 Å². The lowest BCUT2D eigenvalue weighted by molar-refractivity contribution is 0.102. The third kappa shape index (κ3) is 2.91. The number of rotatable bonds is 3. The molecule has 0 aliphatic carbocycles. The Morgan fingerprint density at radius 1 is 1.14 bits per heavy atom. The number of anilines is 2. The van der Waals surface area contributed by atoms with Crippen LogP contribution in [0.25, 0.3) is 11.4 Å². The van der Waals surface area contributed by atoms with Crippen LogP contribution in [0.1, 0.15) is 10.4 Å². The Hall–Kier alpha value is -2.86. The van der Waals surface area contributed by atoms with Gasteiger partial charge in [-0.1, -0.05) is 23.7 Å². The molecule has 3 rings (SSSR count). The summed E-state index contributed by atoms with van der Waals surface area (Å²) in [5, 5.41) is 9.90. The Morgan fingerprint density at radius 3 is 2.59 bits per heavy atom. The van der Waals surface area contributed by atoms with Crippen LogP contribution in [0.15, 0.2) is 48.5 Å². The second-order valence-electron chi connectivity index (χ2n) is 4.56. The van der Waals surface area contributed by atoms with Crippen LogP contribution in [0.4, 0.5) is 11.6 Å². The number of hydrogen-bond acceptors (Lipinski definition) is 4. The summed E-state index contributed by atoms with van der Waals surface area (Å²) < 4.78 is 0. The maximum atomic E-state index is 12.1. The Kier molecular flexibility index (Phi) is 3.76.